The lowest BCUT2D eigenvalue weighted by Crippen LogP contribution is -2.27. The van der Waals surface area contributed by atoms with E-state index in [0.29, 0.717) is 11.8 Å². The Labute approximate surface area is 84.0 Å². The number of rotatable bonds is 3. The van der Waals surface area contributed by atoms with Crippen molar-refractivity contribution in [3.8, 4) is 0 Å². The zero-order valence-corrected chi connectivity index (χ0v) is 8.91. The lowest BCUT2D eigenvalue weighted by Gasteiger charge is -2.19. The molecule has 0 unspecified atom stereocenters. The number of unbranched alkanes of at least 4 members (excludes halogenated alkanes) is 1. The number of hydrogen-bond acceptors (Lipinski definition) is 1. The summed E-state index contributed by atoms with van der Waals surface area (Å²) in [7, 11) is 0. The van der Waals surface area contributed by atoms with Crippen molar-refractivity contribution in [2.45, 2.75) is 24.1 Å². The number of nitrogens with zero attached hydrogens (tertiary/aromatic N) is 1. The largest absolute Gasteiger partial charge is 0.303 e. The van der Waals surface area contributed by atoms with Gasteiger partial charge in [-0.15, -0.1) is 23.2 Å². The fraction of sp³-hybridized carbons (Fsp3) is 1.00. The average Bonchev–Trinajstić information content (AvgIpc) is 2.51. The van der Waals surface area contributed by atoms with Gasteiger partial charge < -0.3 is 4.90 Å². The molecule has 2 fully saturated rings. The molecule has 1 nitrogen and oxygen atoms in total. The lowest BCUT2D eigenvalue weighted by atomic mass is 10.3. The minimum absolute atomic E-state index is 0.358. The highest BCUT2D eigenvalue weighted by atomic mass is 35.5. The Morgan fingerprint density at radius 3 is 2.42 bits per heavy atom. The van der Waals surface area contributed by atoms with E-state index < -0.39 is 0 Å². The van der Waals surface area contributed by atoms with Gasteiger partial charge in [0, 0.05) is 24.9 Å². The molecular formula is C9H15Cl2N. The fourth-order valence-corrected chi connectivity index (χ4v) is 2.91. The maximum absolute atomic E-state index is 6.05. The molecule has 12 heavy (non-hydrogen) atoms. The van der Waals surface area contributed by atoms with E-state index in [1.807, 2.05) is 0 Å². The van der Waals surface area contributed by atoms with Crippen molar-refractivity contribution < 1.29 is 0 Å². The maximum atomic E-state index is 6.05. The zero-order chi connectivity index (χ0) is 8.77. The standard InChI is InChI=1S/C9H15Cl2N/c1-2-3-4-12-5-7-8(6-12)9(7,10)11/h7-8H,2-6H2,1H3/t7-,8+. The molecule has 0 amide bonds. The quantitative estimate of drug-likeness (QED) is 0.644. The topological polar surface area (TPSA) is 3.24 Å². The van der Waals surface area contributed by atoms with Gasteiger partial charge in [-0.05, 0) is 13.0 Å². The van der Waals surface area contributed by atoms with Gasteiger partial charge in [0.15, 0.2) is 0 Å². The van der Waals surface area contributed by atoms with Crippen molar-refractivity contribution in [1.29, 1.82) is 0 Å². The highest BCUT2D eigenvalue weighted by molar-refractivity contribution is 6.51. The van der Waals surface area contributed by atoms with Crippen LogP contribution < -0.4 is 0 Å². The Balaban J connectivity index is 1.75. The molecule has 3 heteroatoms. The summed E-state index contributed by atoms with van der Waals surface area (Å²) in [6.45, 7) is 5.70. The molecule has 0 aromatic heterocycles. The molecule has 0 spiro atoms. The van der Waals surface area contributed by atoms with Crippen LogP contribution in [0.5, 0.6) is 0 Å². The summed E-state index contributed by atoms with van der Waals surface area (Å²) in [6.07, 6.45) is 2.58. The minimum atomic E-state index is -0.358. The number of likely N-dealkylation sites (tertiary alicyclic amines) is 1. The van der Waals surface area contributed by atoms with Crippen molar-refractivity contribution in [3.05, 3.63) is 0 Å². The fourth-order valence-electron chi connectivity index (χ4n) is 2.15. The van der Waals surface area contributed by atoms with Gasteiger partial charge in [0.1, 0.15) is 4.33 Å². The maximum Gasteiger partial charge on any atom is 0.127 e. The smallest absolute Gasteiger partial charge is 0.127 e. The summed E-state index contributed by atoms with van der Waals surface area (Å²) < 4.78 is -0.358. The highest BCUT2D eigenvalue weighted by Crippen LogP contribution is 2.62. The number of hydrogen-bond donors (Lipinski definition) is 0. The van der Waals surface area contributed by atoms with Crippen molar-refractivity contribution in [3.63, 3.8) is 0 Å². The number of piperidine rings is 1. The van der Waals surface area contributed by atoms with Gasteiger partial charge in [0.05, 0.1) is 0 Å². The van der Waals surface area contributed by atoms with Gasteiger partial charge in [-0.3, -0.25) is 0 Å². The second-order valence-corrected chi connectivity index (χ2v) is 5.44. The van der Waals surface area contributed by atoms with Gasteiger partial charge in [0.2, 0.25) is 0 Å². The Kier molecular flexibility index (Phi) is 2.31. The van der Waals surface area contributed by atoms with E-state index in [4.69, 9.17) is 23.2 Å². The summed E-state index contributed by atoms with van der Waals surface area (Å²) in [4.78, 5) is 2.49. The summed E-state index contributed by atoms with van der Waals surface area (Å²) in [5.74, 6) is 1.13. The Morgan fingerprint density at radius 1 is 1.33 bits per heavy atom. The second kappa shape index (κ2) is 3.04. The van der Waals surface area contributed by atoms with Gasteiger partial charge >= 0.3 is 0 Å². The summed E-state index contributed by atoms with van der Waals surface area (Å²) >= 11 is 12.1. The van der Waals surface area contributed by atoms with Gasteiger partial charge in [-0.2, -0.15) is 0 Å². The first-order chi connectivity index (χ1) is 5.66. The van der Waals surface area contributed by atoms with Crippen LogP contribution in [0.4, 0.5) is 0 Å². The molecule has 0 bridgehead atoms. The highest BCUT2D eigenvalue weighted by Gasteiger charge is 2.66. The average molecular weight is 208 g/mol. The normalized spacial score (nSPS) is 38.2. The number of halogens is 2. The van der Waals surface area contributed by atoms with Crippen LogP contribution in [0.15, 0.2) is 0 Å². The third-order valence-corrected chi connectivity index (χ3v) is 4.22. The first kappa shape index (κ1) is 9.11. The van der Waals surface area contributed by atoms with Crippen molar-refractivity contribution in [2.24, 2.45) is 11.8 Å². The Bertz CT molecular complexity index is 167. The van der Waals surface area contributed by atoms with Crippen LogP contribution in [0.2, 0.25) is 0 Å². The summed E-state index contributed by atoms with van der Waals surface area (Å²) in [5, 5.41) is 0. The van der Waals surface area contributed by atoms with Gasteiger partial charge in [0.25, 0.3) is 0 Å². The second-order valence-electron chi connectivity index (χ2n) is 4.00. The van der Waals surface area contributed by atoms with Crippen LogP contribution in [0, 0.1) is 11.8 Å². The molecule has 0 radical (unpaired) electrons. The van der Waals surface area contributed by atoms with E-state index >= 15 is 0 Å². The predicted octanol–water partition coefficient (Wildman–Crippen LogP) is 2.52. The summed E-state index contributed by atoms with van der Waals surface area (Å²) in [6, 6.07) is 0. The molecule has 1 saturated heterocycles. The molecular weight excluding hydrogens is 193 g/mol. The van der Waals surface area contributed by atoms with Crippen LogP contribution in [0.1, 0.15) is 19.8 Å². The van der Waals surface area contributed by atoms with Crippen LogP contribution in [-0.2, 0) is 0 Å². The van der Waals surface area contributed by atoms with E-state index in [9.17, 15) is 0 Å². The van der Waals surface area contributed by atoms with E-state index in [1.165, 1.54) is 19.4 Å². The molecule has 1 saturated carbocycles. The predicted molar refractivity (Wildman–Crippen MR) is 52.8 cm³/mol. The molecule has 1 heterocycles. The molecule has 0 aromatic carbocycles. The third-order valence-electron chi connectivity index (χ3n) is 3.10. The zero-order valence-electron chi connectivity index (χ0n) is 7.39. The molecule has 70 valence electrons. The third kappa shape index (κ3) is 1.36. The van der Waals surface area contributed by atoms with Gasteiger partial charge in [-0.25, -0.2) is 0 Å². The van der Waals surface area contributed by atoms with E-state index in [1.54, 1.807) is 0 Å². The lowest BCUT2D eigenvalue weighted by molar-refractivity contribution is 0.297. The van der Waals surface area contributed by atoms with Crippen LogP contribution in [-0.4, -0.2) is 28.9 Å². The molecule has 1 aliphatic heterocycles. The molecule has 2 rings (SSSR count). The molecule has 0 N–H and O–H groups in total. The van der Waals surface area contributed by atoms with Crippen molar-refractivity contribution >= 4 is 23.2 Å². The van der Waals surface area contributed by atoms with E-state index in [-0.39, 0.29) is 4.33 Å². The van der Waals surface area contributed by atoms with Crippen LogP contribution in [0.25, 0.3) is 0 Å². The molecule has 2 aliphatic rings. The van der Waals surface area contributed by atoms with E-state index in [2.05, 4.69) is 11.8 Å². The molecule has 2 atom stereocenters. The van der Waals surface area contributed by atoms with Crippen molar-refractivity contribution in [1.82, 2.24) is 4.90 Å². The molecule has 0 aromatic rings. The van der Waals surface area contributed by atoms with Gasteiger partial charge in [-0.1, -0.05) is 13.3 Å². The Morgan fingerprint density at radius 2 is 1.92 bits per heavy atom. The van der Waals surface area contributed by atoms with Crippen LogP contribution >= 0.6 is 23.2 Å². The number of alkyl halides is 2. The Hall–Kier alpha value is 0.540. The SMILES string of the molecule is CCCCN1C[C@@H]2[C@H](C1)C2(Cl)Cl. The monoisotopic (exact) mass is 207 g/mol. The summed E-state index contributed by atoms with van der Waals surface area (Å²) in [5.41, 5.74) is 0. The van der Waals surface area contributed by atoms with Crippen LogP contribution in [0.3, 0.4) is 0 Å². The first-order valence-electron chi connectivity index (χ1n) is 4.76. The minimum Gasteiger partial charge on any atom is -0.303 e. The van der Waals surface area contributed by atoms with E-state index in [0.717, 1.165) is 13.1 Å². The van der Waals surface area contributed by atoms with Crippen molar-refractivity contribution in [2.75, 3.05) is 19.6 Å². The first-order valence-corrected chi connectivity index (χ1v) is 5.52. The number of fused-ring (bicyclic) bond motifs is 1. The molecule has 1 aliphatic carbocycles.